The third kappa shape index (κ3) is 11.6. The van der Waals surface area contributed by atoms with Crippen LogP contribution in [-0.2, 0) is 35.3 Å². The number of likely N-dealkylation sites (N-methyl/N-ethyl adjacent to an activating group) is 2. The Labute approximate surface area is 380 Å². The number of hydrogen-bond donors (Lipinski definition) is 3. The maximum absolute atomic E-state index is 13.3. The van der Waals surface area contributed by atoms with Gasteiger partial charge in [-0.05, 0) is 86.8 Å². The van der Waals surface area contributed by atoms with Crippen molar-refractivity contribution in [2.45, 2.75) is 78.3 Å². The molecule has 0 saturated heterocycles. The molecule has 6 aromatic rings. The minimum Gasteiger partial charge on any atom is -0.481 e. The van der Waals surface area contributed by atoms with Gasteiger partial charge in [0.15, 0.2) is 11.6 Å². The van der Waals surface area contributed by atoms with Crippen LogP contribution in [0.3, 0.4) is 0 Å². The van der Waals surface area contributed by atoms with Gasteiger partial charge in [-0.15, -0.1) is 0 Å². The van der Waals surface area contributed by atoms with E-state index in [-0.39, 0.29) is 17.7 Å². The summed E-state index contributed by atoms with van der Waals surface area (Å²) in [6.07, 6.45) is 12.3. The van der Waals surface area contributed by atoms with Gasteiger partial charge in [-0.2, -0.15) is 0 Å². The SMILES string of the molecule is CC(C)C(C(=O)O)N(C)c1nc(-c2ccccn2)nc2c1CCC2.COc1ccc(N)cn1.COc1ccc(NC(=O)C(C(C)C)N(C)c2nc(-c3ccccn3)nc3c2CCC3)cn1. The van der Waals surface area contributed by atoms with Crippen molar-refractivity contribution >= 4 is 34.9 Å². The molecule has 2 aliphatic carbocycles. The Kier molecular flexibility index (Phi) is 15.9. The Morgan fingerprint density at radius 2 is 1.14 bits per heavy atom. The van der Waals surface area contributed by atoms with Crippen molar-refractivity contribution in [2.24, 2.45) is 11.8 Å². The van der Waals surface area contributed by atoms with Gasteiger partial charge in [0.05, 0.1) is 38.0 Å². The number of aryl methyl sites for hydroxylation is 2. The summed E-state index contributed by atoms with van der Waals surface area (Å²) in [5, 5.41) is 12.6. The predicted molar refractivity (Wildman–Crippen MR) is 251 cm³/mol. The molecule has 2 aliphatic rings. The van der Waals surface area contributed by atoms with Gasteiger partial charge in [-0.1, -0.05) is 39.8 Å². The third-order valence-corrected chi connectivity index (χ3v) is 11.1. The number of aromatic nitrogens is 8. The van der Waals surface area contributed by atoms with E-state index in [1.165, 1.54) is 0 Å². The molecule has 0 spiro atoms. The molecule has 0 aliphatic heterocycles. The lowest BCUT2D eigenvalue weighted by Gasteiger charge is -2.32. The highest BCUT2D eigenvalue weighted by molar-refractivity contribution is 5.97. The van der Waals surface area contributed by atoms with Crippen LogP contribution in [0.1, 0.15) is 63.1 Å². The largest absolute Gasteiger partial charge is 0.481 e. The van der Waals surface area contributed by atoms with E-state index in [0.29, 0.717) is 40.5 Å². The van der Waals surface area contributed by atoms with E-state index in [2.05, 4.69) is 35.2 Å². The Morgan fingerprint density at radius 1 is 0.646 bits per heavy atom. The van der Waals surface area contributed by atoms with E-state index >= 15 is 0 Å². The molecule has 1 amide bonds. The van der Waals surface area contributed by atoms with Crippen molar-refractivity contribution in [2.75, 3.05) is 49.2 Å². The third-order valence-electron chi connectivity index (χ3n) is 11.1. The number of ether oxygens (including phenoxy) is 2. The highest BCUT2D eigenvalue weighted by Gasteiger charge is 2.33. The molecule has 17 heteroatoms. The fraction of sp³-hybridized carbons (Fsp3) is 0.375. The van der Waals surface area contributed by atoms with E-state index in [1.807, 2.05) is 83.1 Å². The number of fused-ring (bicyclic) bond motifs is 2. The van der Waals surface area contributed by atoms with Crippen LogP contribution in [0.2, 0.25) is 0 Å². The van der Waals surface area contributed by atoms with E-state index in [4.69, 9.17) is 25.2 Å². The lowest BCUT2D eigenvalue weighted by atomic mass is 10.0. The Bertz CT molecular complexity index is 2510. The van der Waals surface area contributed by atoms with E-state index in [0.717, 1.165) is 78.4 Å². The minimum absolute atomic E-state index is 0.0298. The number of methoxy groups -OCH3 is 2. The average Bonchev–Trinajstić information content (AvgIpc) is 4.00. The summed E-state index contributed by atoms with van der Waals surface area (Å²) in [7, 11) is 6.86. The molecule has 6 aromatic heterocycles. The molecule has 2 unspecified atom stereocenters. The van der Waals surface area contributed by atoms with Crippen LogP contribution in [0.15, 0.2) is 85.5 Å². The van der Waals surface area contributed by atoms with Crippen LogP contribution in [-0.4, -0.2) is 97.3 Å². The molecule has 0 fully saturated rings. The van der Waals surface area contributed by atoms with Gasteiger partial charge in [-0.25, -0.2) is 34.7 Å². The number of rotatable bonds is 13. The Hall–Kier alpha value is -7.30. The number of carbonyl (C=O) groups excluding carboxylic acids is 1. The molecule has 17 nitrogen and oxygen atoms in total. The molecule has 0 bridgehead atoms. The second kappa shape index (κ2) is 21.9. The van der Waals surface area contributed by atoms with Gasteiger partial charge in [0.2, 0.25) is 17.7 Å². The zero-order valence-corrected chi connectivity index (χ0v) is 38.3. The zero-order chi connectivity index (χ0) is 46.6. The minimum atomic E-state index is -0.836. The second-order valence-corrected chi connectivity index (χ2v) is 16.4. The topological polar surface area (TPSA) is 220 Å². The van der Waals surface area contributed by atoms with Gasteiger partial charge >= 0.3 is 5.97 Å². The number of carboxylic acids is 1. The number of amides is 1. The maximum atomic E-state index is 13.3. The first kappa shape index (κ1) is 47.2. The number of anilines is 4. The summed E-state index contributed by atoms with van der Waals surface area (Å²) < 4.78 is 9.90. The van der Waals surface area contributed by atoms with Crippen LogP contribution in [0, 0.1) is 11.8 Å². The normalized spacial score (nSPS) is 13.3. The van der Waals surface area contributed by atoms with Gasteiger partial charge in [0.1, 0.15) is 35.1 Å². The lowest BCUT2D eigenvalue weighted by Crippen LogP contribution is -2.46. The monoisotopic (exact) mass is 882 g/mol. The van der Waals surface area contributed by atoms with Crippen molar-refractivity contribution < 1.29 is 24.2 Å². The molecule has 6 heterocycles. The fourth-order valence-corrected chi connectivity index (χ4v) is 8.02. The van der Waals surface area contributed by atoms with Crippen LogP contribution in [0.4, 0.5) is 23.0 Å². The zero-order valence-electron chi connectivity index (χ0n) is 38.3. The highest BCUT2D eigenvalue weighted by Crippen LogP contribution is 2.34. The van der Waals surface area contributed by atoms with Crippen LogP contribution in [0.5, 0.6) is 11.8 Å². The first-order chi connectivity index (χ1) is 31.3. The molecule has 2 atom stereocenters. The average molecular weight is 883 g/mol. The highest BCUT2D eigenvalue weighted by atomic mass is 16.5. The Morgan fingerprint density at radius 3 is 1.54 bits per heavy atom. The van der Waals surface area contributed by atoms with Gasteiger partial charge in [0, 0.05) is 61.1 Å². The first-order valence-electron chi connectivity index (χ1n) is 21.7. The van der Waals surface area contributed by atoms with E-state index in [9.17, 15) is 14.7 Å². The number of carbonyl (C=O) groups is 2. The lowest BCUT2D eigenvalue weighted by molar-refractivity contribution is -0.139. The predicted octanol–water partition coefficient (Wildman–Crippen LogP) is 6.78. The molecular formula is C48H58N12O5. The summed E-state index contributed by atoms with van der Waals surface area (Å²) in [4.78, 5) is 64.6. The van der Waals surface area contributed by atoms with Crippen molar-refractivity contribution in [3.63, 3.8) is 0 Å². The molecule has 8 rings (SSSR count). The summed E-state index contributed by atoms with van der Waals surface area (Å²) in [5.41, 5.74) is 12.3. The summed E-state index contributed by atoms with van der Waals surface area (Å²) >= 11 is 0. The molecule has 340 valence electrons. The summed E-state index contributed by atoms with van der Waals surface area (Å²) in [6, 6.07) is 17.2. The second-order valence-electron chi connectivity index (χ2n) is 16.4. The maximum Gasteiger partial charge on any atom is 0.326 e. The first-order valence-corrected chi connectivity index (χ1v) is 21.7. The molecule has 0 radical (unpaired) electrons. The van der Waals surface area contributed by atoms with Crippen LogP contribution >= 0.6 is 0 Å². The van der Waals surface area contributed by atoms with Gasteiger partial charge in [-0.3, -0.25) is 14.8 Å². The number of nitrogen functional groups attached to an aromatic ring is 1. The number of hydrogen-bond acceptors (Lipinski definition) is 15. The number of pyridine rings is 4. The van der Waals surface area contributed by atoms with Crippen LogP contribution < -0.4 is 30.3 Å². The molecular weight excluding hydrogens is 825 g/mol. The number of carboxylic acid groups (broad SMARTS) is 1. The smallest absolute Gasteiger partial charge is 0.326 e. The quantitative estimate of drug-likeness (QED) is 0.109. The standard InChI is InChI=1S/C24H28N6O2.C18H22N4O2.C6H8N2O/c1-15(2)21(24(31)27-16-11-12-20(32-4)26-14-16)30(3)23-17-8-7-10-18(17)28-22(29-23)19-9-5-6-13-25-19;1-11(2)15(18(23)24)22(3)17-12-7-6-9-13(12)20-16(21-17)14-8-4-5-10-19-14;1-9-6-3-2-5(7)4-8-6/h5-6,9,11-15,21H,7-8,10H2,1-4H3,(H,27,31);4-5,8,10-11,15H,6-7,9H2,1-3H3,(H,23,24);2-4H,7H2,1H3. The number of nitrogens with one attached hydrogen (secondary N) is 1. The van der Waals surface area contributed by atoms with Gasteiger partial charge < -0.3 is 35.4 Å². The van der Waals surface area contributed by atoms with E-state index in [1.54, 1.807) is 68.2 Å². The molecule has 0 aromatic carbocycles. The summed E-state index contributed by atoms with van der Waals surface area (Å²) in [5.74, 6) is 2.84. The number of nitrogens with two attached hydrogens (primary N) is 1. The van der Waals surface area contributed by atoms with Crippen LogP contribution in [0.25, 0.3) is 23.0 Å². The van der Waals surface area contributed by atoms with Crippen molar-refractivity contribution in [1.82, 2.24) is 39.9 Å². The molecule has 4 N–H and O–H groups in total. The molecule has 0 saturated carbocycles. The van der Waals surface area contributed by atoms with Crippen molar-refractivity contribution in [3.8, 4) is 34.8 Å². The fourth-order valence-electron chi connectivity index (χ4n) is 8.02. The number of nitrogens with zero attached hydrogens (tertiary/aromatic N) is 10. The number of aliphatic carboxylic acids is 1. The summed E-state index contributed by atoms with van der Waals surface area (Å²) in [6.45, 7) is 7.90. The van der Waals surface area contributed by atoms with E-state index < -0.39 is 18.1 Å². The van der Waals surface area contributed by atoms with Gasteiger partial charge in [0.25, 0.3) is 0 Å². The van der Waals surface area contributed by atoms with Crippen molar-refractivity contribution in [3.05, 3.63) is 108 Å². The Balaban J connectivity index is 0.000000186. The molecule has 65 heavy (non-hydrogen) atoms. The van der Waals surface area contributed by atoms with Crippen molar-refractivity contribution in [1.29, 1.82) is 0 Å².